The second kappa shape index (κ2) is 7.83. The van der Waals surface area contributed by atoms with Crippen LogP contribution in [-0.2, 0) is 9.53 Å². The molecule has 2 aromatic rings. The van der Waals surface area contributed by atoms with Gasteiger partial charge in [-0.2, -0.15) is 0 Å². The number of carbonyl (C=O) groups is 2. The van der Waals surface area contributed by atoms with Gasteiger partial charge in [-0.3, -0.25) is 4.79 Å². The van der Waals surface area contributed by atoms with Crippen molar-refractivity contribution in [2.75, 3.05) is 6.61 Å². The fourth-order valence-corrected chi connectivity index (χ4v) is 2.89. The van der Waals surface area contributed by atoms with E-state index in [1.54, 1.807) is 0 Å². The molecule has 26 heavy (non-hydrogen) atoms. The molecular formula is C19H16ClF2NO3. The molecule has 0 spiro atoms. The number of hydrogen-bond donors (Lipinski definition) is 1. The van der Waals surface area contributed by atoms with Crippen LogP contribution in [0.25, 0.3) is 0 Å². The fourth-order valence-electron chi connectivity index (χ4n) is 2.67. The molecule has 0 saturated heterocycles. The van der Waals surface area contributed by atoms with E-state index in [4.69, 9.17) is 16.3 Å². The maximum Gasteiger partial charge on any atom is 0.340 e. The average Bonchev–Trinajstić information content (AvgIpc) is 3.46. The molecule has 136 valence electrons. The van der Waals surface area contributed by atoms with Gasteiger partial charge in [0.2, 0.25) is 0 Å². The number of ether oxygens (including phenoxy) is 1. The van der Waals surface area contributed by atoms with Crippen molar-refractivity contribution in [1.82, 2.24) is 5.32 Å². The molecule has 3 rings (SSSR count). The van der Waals surface area contributed by atoms with Crippen molar-refractivity contribution in [3.63, 3.8) is 0 Å². The van der Waals surface area contributed by atoms with Crippen LogP contribution in [0.4, 0.5) is 8.78 Å². The van der Waals surface area contributed by atoms with E-state index in [9.17, 15) is 18.4 Å². The van der Waals surface area contributed by atoms with Gasteiger partial charge in [-0.15, -0.1) is 0 Å². The van der Waals surface area contributed by atoms with Crippen molar-refractivity contribution in [2.45, 2.75) is 18.9 Å². The van der Waals surface area contributed by atoms with Gasteiger partial charge in [-0.25, -0.2) is 13.6 Å². The fraction of sp³-hybridized carbons (Fsp3) is 0.263. The summed E-state index contributed by atoms with van der Waals surface area (Å²) in [5.41, 5.74) is 0.651. The number of esters is 1. The topological polar surface area (TPSA) is 55.4 Å². The number of rotatable bonds is 6. The molecule has 1 fully saturated rings. The lowest BCUT2D eigenvalue weighted by molar-refractivity contribution is -0.125. The molecular weight excluding hydrogens is 364 g/mol. The standard InChI is InChI=1S/C19H16ClF2NO3/c20-14-9-16(22)15(21)8-13(14)19(25)26-10-17(24)23-18(12-6-7-12)11-4-2-1-3-5-11/h1-5,8-9,12,18H,6-7,10H2,(H,23,24). The average molecular weight is 380 g/mol. The summed E-state index contributed by atoms with van der Waals surface area (Å²) in [6, 6.07) is 10.7. The highest BCUT2D eigenvalue weighted by molar-refractivity contribution is 6.33. The van der Waals surface area contributed by atoms with E-state index in [1.165, 1.54) is 0 Å². The van der Waals surface area contributed by atoms with E-state index >= 15 is 0 Å². The Hall–Kier alpha value is -2.47. The van der Waals surface area contributed by atoms with Gasteiger partial charge in [0.25, 0.3) is 5.91 Å². The molecule has 0 aromatic heterocycles. The molecule has 1 N–H and O–H groups in total. The minimum Gasteiger partial charge on any atom is -0.452 e. The molecule has 0 aliphatic heterocycles. The SMILES string of the molecule is O=C(COC(=O)c1cc(F)c(F)cc1Cl)NC(c1ccccc1)C1CC1. The van der Waals surface area contributed by atoms with Gasteiger partial charge < -0.3 is 10.1 Å². The Morgan fingerprint density at radius 2 is 1.81 bits per heavy atom. The second-order valence-electron chi connectivity index (χ2n) is 6.12. The molecule has 4 nitrogen and oxygen atoms in total. The van der Waals surface area contributed by atoms with Crippen molar-refractivity contribution >= 4 is 23.5 Å². The molecule has 0 heterocycles. The summed E-state index contributed by atoms with van der Waals surface area (Å²) in [4.78, 5) is 24.1. The maximum atomic E-state index is 13.3. The van der Waals surface area contributed by atoms with Gasteiger partial charge in [0.05, 0.1) is 16.6 Å². The zero-order valence-corrected chi connectivity index (χ0v) is 14.4. The Labute approximate surface area is 154 Å². The summed E-state index contributed by atoms with van der Waals surface area (Å²) >= 11 is 5.72. The normalized spacial score (nSPS) is 14.6. The van der Waals surface area contributed by atoms with Crippen molar-refractivity contribution in [3.05, 3.63) is 70.2 Å². The van der Waals surface area contributed by atoms with Crippen LogP contribution < -0.4 is 5.32 Å². The van der Waals surface area contributed by atoms with Crippen molar-refractivity contribution in [3.8, 4) is 0 Å². The maximum absolute atomic E-state index is 13.3. The first kappa shape index (κ1) is 18.3. The van der Waals surface area contributed by atoms with Crippen LogP contribution in [0.1, 0.15) is 34.8 Å². The largest absolute Gasteiger partial charge is 0.452 e. The number of hydrogen-bond acceptors (Lipinski definition) is 3. The molecule has 0 radical (unpaired) electrons. The molecule has 1 aliphatic carbocycles. The summed E-state index contributed by atoms with van der Waals surface area (Å²) in [5, 5.41) is 2.57. The van der Waals surface area contributed by atoms with E-state index < -0.39 is 30.1 Å². The predicted octanol–water partition coefficient (Wildman–Crippen LogP) is 4.04. The highest BCUT2D eigenvalue weighted by atomic mass is 35.5. The molecule has 1 unspecified atom stereocenters. The Bertz CT molecular complexity index is 825. The number of nitrogens with one attached hydrogen (secondary N) is 1. The van der Waals surface area contributed by atoms with Crippen molar-refractivity contribution in [1.29, 1.82) is 0 Å². The van der Waals surface area contributed by atoms with Gasteiger partial charge in [0.1, 0.15) is 0 Å². The van der Waals surface area contributed by atoms with Crippen LogP contribution in [0.5, 0.6) is 0 Å². The van der Waals surface area contributed by atoms with Crippen LogP contribution in [-0.4, -0.2) is 18.5 Å². The lowest BCUT2D eigenvalue weighted by Crippen LogP contribution is -2.33. The van der Waals surface area contributed by atoms with Gasteiger partial charge in [0, 0.05) is 0 Å². The van der Waals surface area contributed by atoms with Crippen LogP contribution in [0, 0.1) is 17.6 Å². The van der Waals surface area contributed by atoms with Gasteiger partial charge >= 0.3 is 5.97 Å². The zero-order valence-electron chi connectivity index (χ0n) is 13.7. The second-order valence-corrected chi connectivity index (χ2v) is 6.52. The smallest absolute Gasteiger partial charge is 0.340 e. The first-order valence-electron chi connectivity index (χ1n) is 8.11. The van der Waals surface area contributed by atoms with Gasteiger partial charge in [-0.1, -0.05) is 41.9 Å². The lowest BCUT2D eigenvalue weighted by Gasteiger charge is -2.18. The third kappa shape index (κ3) is 4.38. The van der Waals surface area contributed by atoms with Crippen LogP contribution >= 0.6 is 11.6 Å². The molecule has 0 bridgehead atoms. The first-order valence-corrected chi connectivity index (χ1v) is 8.49. The van der Waals surface area contributed by atoms with E-state index in [0.717, 1.165) is 18.4 Å². The summed E-state index contributed by atoms with van der Waals surface area (Å²) in [7, 11) is 0. The Morgan fingerprint density at radius 3 is 2.46 bits per heavy atom. The quantitative estimate of drug-likeness (QED) is 0.608. The van der Waals surface area contributed by atoms with E-state index in [1.807, 2.05) is 30.3 Å². The zero-order chi connectivity index (χ0) is 18.7. The van der Waals surface area contributed by atoms with Crippen molar-refractivity contribution < 1.29 is 23.1 Å². The van der Waals surface area contributed by atoms with Gasteiger partial charge in [0.15, 0.2) is 18.2 Å². The highest BCUT2D eigenvalue weighted by Gasteiger charge is 2.33. The van der Waals surface area contributed by atoms with Crippen LogP contribution in [0.2, 0.25) is 5.02 Å². The Kier molecular flexibility index (Phi) is 5.52. The van der Waals surface area contributed by atoms with E-state index in [0.29, 0.717) is 18.1 Å². The third-order valence-corrected chi connectivity index (χ3v) is 4.45. The van der Waals surface area contributed by atoms with E-state index in [-0.39, 0.29) is 16.6 Å². The van der Waals surface area contributed by atoms with E-state index in [2.05, 4.69) is 5.32 Å². The minimum atomic E-state index is -1.22. The Morgan fingerprint density at radius 1 is 1.15 bits per heavy atom. The summed E-state index contributed by atoms with van der Waals surface area (Å²) in [6.45, 7) is -0.537. The third-order valence-electron chi connectivity index (χ3n) is 4.13. The van der Waals surface area contributed by atoms with Gasteiger partial charge in [-0.05, 0) is 36.5 Å². The molecule has 1 amide bonds. The monoisotopic (exact) mass is 379 g/mol. The van der Waals surface area contributed by atoms with Crippen LogP contribution in [0.3, 0.4) is 0 Å². The number of halogens is 3. The summed E-state index contributed by atoms with van der Waals surface area (Å²) in [6.07, 6.45) is 2.04. The summed E-state index contributed by atoms with van der Waals surface area (Å²) in [5.74, 6) is -3.50. The lowest BCUT2D eigenvalue weighted by atomic mass is 10.0. The molecule has 1 saturated carbocycles. The summed E-state index contributed by atoms with van der Waals surface area (Å²) < 4.78 is 31.2. The minimum absolute atomic E-state index is 0.144. The molecule has 1 atom stereocenters. The molecule has 7 heteroatoms. The molecule has 2 aromatic carbocycles. The first-order chi connectivity index (χ1) is 12.5. The molecule has 1 aliphatic rings. The predicted molar refractivity (Wildman–Crippen MR) is 91.7 cm³/mol. The van der Waals surface area contributed by atoms with Crippen LogP contribution in [0.15, 0.2) is 42.5 Å². The number of benzene rings is 2. The Balaban J connectivity index is 1.60. The van der Waals surface area contributed by atoms with Crippen molar-refractivity contribution in [2.24, 2.45) is 5.92 Å². The number of amides is 1. The highest BCUT2D eigenvalue weighted by Crippen LogP contribution is 2.40. The number of carbonyl (C=O) groups excluding carboxylic acids is 2.